The van der Waals surface area contributed by atoms with Crippen molar-refractivity contribution >= 4 is 28.3 Å². The second-order valence-corrected chi connectivity index (χ2v) is 6.06. The second-order valence-electron chi connectivity index (χ2n) is 5.65. The molecule has 5 heteroatoms. The third-order valence-electron chi connectivity index (χ3n) is 4.15. The molecule has 1 saturated heterocycles. The van der Waals surface area contributed by atoms with Crippen LogP contribution < -0.4 is 10.2 Å². The molecule has 0 saturated carbocycles. The number of hydrogen-bond donors (Lipinski definition) is 1. The van der Waals surface area contributed by atoms with Gasteiger partial charge in [-0.25, -0.2) is 9.97 Å². The Labute approximate surface area is 140 Å². The van der Waals surface area contributed by atoms with Crippen molar-refractivity contribution in [2.45, 2.75) is 0 Å². The van der Waals surface area contributed by atoms with Crippen LogP contribution in [0.3, 0.4) is 0 Å². The monoisotopic (exact) mass is 324 g/mol. The van der Waals surface area contributed by atoms with Crippen molar-refractivity contribution in [3.8, 4) is 11.3 Å². The van der Waals surface area contributed by atoms with E-state index in [1.54, 1.807) is 0 Å². The maximum atomic E-state index is 6.39. The van der Waals surface area contributed by atoms with Gasteiger partial charge in [0.2, 0.25) is 0 Å². The number of anilines is 1. The maximum Gasteiger partial charge on any atom is 0.128 e. The summed E-state index contributed by atoms with van der Waals surface area (Å²) in [5.41, 5.74) is 2.74. The molecule has 23 heavy (non-hydrogen) atoms. The molecule has 0 unspecified atom stereocenters. The fourth-order valence-electron chi connectivity index (χ4n) is 2.90. The Balaban J connectivity index is 1.67. The van der Waals surface area contributed by atoms with Crippen molar-refractivity contribution in [1.29, 1.82) is 0 Å². The quantitative estimate of drug-likeness (QED) is 0.785. The van der Waals surface area contributed by atoms with Crippen molar-refractivity contribution in [2.24, 2.45) is 0 Å². The number of nitrogens with one attached hydrogen (secondary N) is 1. The Kier molecular flexibility index (Phi) is 3.85. The van der Waals surface area contributed by atoms with Crippen molar-refractivity contribution in [3.63, 3.8) is 0 Å². The van der Waals surface area contributed by atoms with Gasteiger partial charge in [0.25, 0.3) is 0 Å². The molecule has 0 aliphatic carbocycles. The van der Waals surface area contributed by atoms with Crippen LogP contribution in [0.15, 0.2) is 48.7 Å². The molecule has 2 aromatic heterocycles. The number of benzene rings is 1. The lowest BCUT2D eigenvalue weighted by molar-refractivity contribution is 0.585. The van der Waals surface area contributed by atoms with Crippen molar-refractivity contribution in [1.82, 2.24) is 15.3 Å². The summed E-state index contributed by atoms with van der Waals surface area (Å²) >= 11 is 6.39. The number of para-hydroxylation sites is 1. The minimum atomic E-state index is 0.719. The van der Waals surface area contributed by atoms with Crippen LogP contribution in [0.1, 0.15) is 0 Å². The Morgan fingerprint density at radius 2 is 1.87 bits per heavy atom. The maximum absolute atomic E-state index is 6.39. The molecule has 1 aliphatic rings. The van der Waals surface area contributed by atoms with E-state index >= 15 is 0 Å². The molecule has 1 aromatic carbocycles. The highest BCUT2D eigenvalue weighted by atomic mass is 35.5. The van der Waals surface area contributed by atoms with Crippen LogP contribution in [-0.2, 0) is 0 Å². The van der Waals surface area contributed by atoms with E-state index in [0.29, 0.717) is 0 Å². The SMILES string of the molecule is Clc1cc(-c2ccc(N3CCNCC3)nc2)nc2ccccc12. The lowest BCUT2D eigenvalue weighted by Gasteiger charge is -2.28. The van der Waals surface area contributed by atoms with E-state index in [-0.39, 0.29) is 0 Å². The van der Waals surface area contributed by atoms with Gasteiger partial charge in [-0.3, -0.25) is 0 Å². The average Bonchev–Trinajstić information content (AvgIpc) is 2.63. The zero-order valence-electron chi connectivity index (χ0n) is 12.7. The largest absolute Gasteiger partial charge is 0.354 e. The first-order valence-corrected chi connectivity index (χ1v) is 8.16. The summed E-state index contributed by atoms with van der Waals surface area (Å²) in [5, 5.41) is 5.05. The molecule has 3 heterocycles. The van der Waals surface area contributed by atoms with E-state index in [1.165, 1.54) is 0 Å². The first-order chi connectivity index (χ1) is 11.3. The molecular formula is C18H17ClN4. The van der Waals surface area contributed by atoms with Gasteiger partial charge in [-0.15, -0.1) is 0 Å². The van der Waals surface area contributed by atoms with Gasteiger partial charge in [0.05, 0.1) is 16.2 Å². The number of hydrogen-bond acceptors (Lipinski definition) is 4. The molecule has 1 aliphatic heterocycles. The summed E-state index contributed by atoms with van der Waals surface area (Å²) in [6.45, 7) is 4.00. The van der Waals surface area contributed by atoms with Gasteiger partial charge < -0.3 is 10.2 Å². The van der Waals surface area contributed by atoms with Gasteiger partial charge >= 0.3 is 0 Å². The summed E-state index contributed by atoms with van der Waals surface area (Å²) in [7, 11) is 0. The number of rotatable bonds is 2. The van der Waals surface area contributed by atoms with Crippen molar-refractivity contribution in [3.05, 3.63) is 53.7 Å². The Hall–Kier alpha value is -2.17. The molecule has 4 rings (SSSR count). The third-order valence-corrected chi connectivity index (χ3v) is 4.46. The first kappa shape index (κ1) is 14.4. The molecule has 1 N–H and O–H groups in total. The topological polar surface area (TPSA) is 41.0 Å². The van der Waals surface area contributed by atoms with E-state index in [0.717, 1.165) is 59.2 Å². The summed E-state index contributed by atoms with van der Waals surface area (Å²) in [6.07, 6.45) is 1.88. The minimum Gasteiger partial charge on any atom is -0.354 e. The van der Waals surface area contributed by atoms with E-state index in [2.05, 4.69) is 27.3 Å². The Morgan fingerprint density at radius 1 is 1.04 bits per heavy atom. The van der Waals surface area contributed by atoms with Crippen LogP contribution >= 0.6 is 11.6 Å². The molecule has 1 fully saturated rings. The number of pyridine rings is 2. The molecule has 116 valence electrons. The highest BCUT2D eigenvalue weighted by Gasteiger charge is 2.12. The third kappa shape index (κ3) is 2.87. The molecule has 0 radical (unpaired) electrons. The Morgan fingerprint density at radius 3 is 2.65 bits per heavy atom. The number of piperazine rings is 1. The fraction of sp³-hybridized carbons (Fsp3) is 0.222. The van der Waals surface area contributed by atoms with Gasteiger partial charge in [-0.1, -0.05) is 29.8 Å². The van der Waals surface area contributed by atoms with Crippen LogP contribution in [0.25, 0.3) is 22.2 Å². The molecule has 0 amide bonds. The van der Waals surface area contributed by atoms with Crippen LogP contribution in [0.4, 0.5) is 5.82 Å². The number of aromatic nitrogens is 2. The predicted octanol–water partition coefficient (Wildman–Crippen LogP) is 3.36. The van der Waals surface area contributed by atoms with Crippen molar-refractivity contribution < 1.29 is 0 Å². The van der Waals surface area contributed by atoms with E-state index in [9.17, 15) is 0 Å². The summed E-state index contributed by atoms with van der Waals surface area (Å²) in [5.74, 6) is 1.02. The summed E-state index contributed by atoms with van der Waals surface area (Å²) in [4.78, 5) is 11.6. The van der Waals surface area contributed by atoms with Crippen LogP contribution in [-0.4, -0.2) is 36.1 Å². The summed E-state index contributed by atoms with van der Waals surface area (Å²) in [6, 6.07) is 13.9. The normalized spacial score (nSPS) is 15.1. The molecule has 0 spiro atoms. The summed E-state index contributed by atoms with van der Waals surface area (Å²) < 4.78 is 0. The molecular weight excluding hydrogens is 308 g/mol. The highest BCUT2D eigenvalue weighted by Crippen LogP contribution is 2.28. The van der Waals surface area contributed by atoms with Gasteiger partial charge in [0.15, 0.2) is 0 Å². The fourth-order valence-corrected chi connectivity index (χ4v) is 3.16. The lowest BCUT2D eigenvalue weighted by atomic mass is 10.1. The minimum absolute atomic E-state index is 0.719. The predicted molar refractivity (Wildman–Crippen MR) is 95.1 cm³/mol. The van der Waals surface area contributed by atoms with Gasteiger partial charge in [-0.05, 0) is 24.3 Å². The standard InChI is InChI=1S/C18H17ClN4/c19-15-11-17(22-16-4-2-1-3-14(15)16)13-5-6-18(21-12-13)23-9-7-20-8-10-23/h1-6,11-12,20H,7-10H2. The van der Waals surface area contributed by atoms with Crippen molar-refractivity contribution in [2.75, 3.05) is 31.1 Å². The second kappa shape index (κ2) is 6.14. The molecule has 0 atom stereocenters. The van der Waals surface area contributed by atoms with Gasteiger partial charge in [0.1, 0.15) is 5.82 Å². The van der Waals surface area contributed by atoms with Crippen LogP contribution in [0.5, 0.6) is 0 Å². The number of fused-ring (bicyclic) bond motifs is 1. The average molecular weight is 325 g/mol. The molecule has 4 nitrogen and oxygen atoms in total. The number of halogens is 1. The number of nitrogens with zero attached hydrogens (tertiary/aromatic N) is 3. The first-order valence-electron chi connectivity index (χ1n) is 7.79. The zero-order valence-corrected chi connectivity index (χ0v) is 13.4. The van der Waals surface area contributed by atoms with Crippen LogP contribution in [0.2, 0.25) is 5.02 Å². The molecule has 3 aromatic rings. The van der Waals surface area contributed by atoms with E-state index in [1.807, 2.05) is 36.5 Å². The van der Waals surface area contributed by atoms with E-state index in [4.69, 9.17) is 16.6 Å². The smallest absolute Gasteiger partial charge is 0.128 e. The highest BCUT2D eigenvalue weighted by molar-refractivity contribution is 6.35. The van der Waals surface area contributed by atoms with E-state index < -0.39 is 0 Å². The zero-order chi connectivity index (χ0) is 15.6. The van der Waals surface area contributed by atoms with Crippen LogP contribution in [0, 0.1) is 0 Å². The lowest BCUT2D eigenvalue weighted by Crippen LogP contribution is -2.43. The van der Waals surface area contributed by atoms with Gasteiger partial charge in [-0.2, -0.15) is 0 Å². The van der Waals surface area contributed by atoms with Gasteiger partial charge in [0, 0.05) is 43.3 Å². The Bertz CT molecular complexity index is 826. The molecule has 0 bridgehead atoms.